The number of rotatable bonds is 7. The minimum atomic E-state index is -1.15. The van der Waals surface area contributed by atoms with Crippen LogP contribution in [0.4, 0.5) is 10.6 Å². The quantitative estimate of drug-likeness (QED) is 0.325. The van der Waals surface area contributed by atoms with E-state index in [9.17, 15) is 15.0 Å². The molecule has 5 N–H and O–H groups in total. The first-order valence-electron chi connectivity index (χ1n) is 11.5. The van der Waals surface area contributed by atoms with E-state index in [1.54, 1.807) is 18.2 Å². The lowest BCUT2D eigenvalue weighted by Crippen LogP contribution is -2.30. The SMILES string of the molecule is Nc1ncnc2ccc(C(O)C(O)CCNC(=O)OCC3c4ccccc4-c4ccccc43)cc12. The van der Waals surface area contributed by atoms with E-state index < -0.39 is 18.3 Å². The third-order valence-electron chi connectivity index (χ3n) is 6.45. The highest BCUT2D eigenvalue weighted by Gasteiger charge is 2.29. The summed E-state index contributed by atoms with van der Waals surface area (Å²) in [6.45, 7) is 0.360. The first-order valence-corrected chi connectivity index (χ1v) is 11.5. The Morgan fingerprint density at radius 1 is 1.00 bits per heavy atom. The smallest absolute Gasteiger partial charge is 0.407 e. The molecule has 1 aliphatic carbocycles. The minimum absolute atomic E-state index is 0.0233. The van der Waals surface area contributed by atoms with Gasteiger partial charge in [0, 0.05) is 17.8 Å². The van der Waals surface area contributed by atoms with Crippen molar-refractivity contribution < 1.29 is 19.7 Å². The van der Waals surface area contributed by atoms with Crippen molar-refractivity contribution in [3.8, 4) is 11.1 Å². The Morgan fingerprint density at radius 3 is 2.40 bits per heavy atom. The molecular formula is C27H26N4O4. The van der Waals surface area contributed by atoms with E-state index in [0.717, 1.165) is 22.3 Å². The normalized spacial score (nSPS) is 14.2. The number of nitrogens with one attached hydrogen (secondary N) is 1. The molecule has 4 aromatic rings. The molecule has 1 heterocycles. The van der Waals surface area contributed by atoms with Crippen LogP contribution >= 0.6 is 0 Å². The third kappa shape index (κ3) is 4.53. The average Bonchev–Trinajstić information content (AvgIpc) is 3.21. The zero-order valence-corrected chi connectivity index (χ0v) is 19.0. The standard InChI is InChI=1S/C27H26N4O4/c28-26-21-13-16(9-10-23(21)30-15-31-26)25(33)24(32)11-12-29-27(34)35-14-22-19-7-3-1-5-17(19)18-6-2-4-8-20(18)22/h1-10,13,15,22,24-25,32-33H,11-12,14H2,(H,29,34)(H2,28,30,31). The fourth-order valence-electron chi connectivity index (χ4n) is 4.63. The molecule has 178 valence electrons. The lowest BCUT2D eigenvalue weighted by Gasteiger charge is -2.19. The van der Waals surface area contributed by atoms with Crippen LogP contribution in [0.1, 0.15) is 35.1 Å². The Kier molecular flexibility index (Phi) is 6.31. The van der Waals surface area contributed by atoms with Crippen LogP contribution in [0.3, 0.4) is 0 Å². The average molecular weight is 471 g/mol. The van der Waals surface area contributed by atoms with E-state index in [-0.39, 0.29) is 25.5 Å². The van der Waals surface area contributed by atoms with Gasteiger partial charge in [0.2, 0.25) is 0 Å². The maximum Gasteiger partial charge on any atom is 0.407 e. The van der Waals surface area contributed by atoms with Gasteiger partial charge in [0.15, 0.2) is 0 Å². The molecular weight excluding hydrogens is 444 g/mol. The number of hydrogen-bond donors (Lipinski definition) is 4. The summed E-state index contributed by atoms with van der Waals surface area (Å²) < 4.78 is 5.51. The summed E-state index contributed by atoms with van der Waals surface area (Å²) in [4.78, 5) is 20.4. The van der Waals surface area contributed by atoms with Gasteiger partial charge in [-0.05, 0) is 46.4 Å². The summed E-state index contributed by atoms with van der Waals surface area (Å²) in [5.41, 5.74) is 11.6. The number of anilines is 1. The fourth-order valence-corrected chi connectivity index (χ4v) is 4.63. The van der Waals surface area contributed by atoms with Crippen molar-refractivity contribution in [1.29, 1.82) is 0 Å². The highest BCUT2D eigenvalue weighted by molar-refractivity contribution is 5.88. The molecule has 0 aliphatic heterocycles. The van der Waals surface area contributed by atoms with E-state index >= 15 is 0 Å². The summed E-state index contributed by atoms with van der Waals surface area (Å²) in [7, 11) is 0. The van der Waals surface area contributed by atoms with E-state index in [1.165, 1.54) is 6.33 Å². The number of nitrogen functional groups attached to an aromatic ring is 1. The molecule has 0 radical (unpaired) electrons. The highest BCUT2D eigenvalue weighted by atomic mass is 16.5. The molecule has 0 saturated carbocycles. The molecule has 0 bridgehead atoms. The number of fused-ring (bicyclic) bond motifs is 4. The molecule has 0 fully saturated rings. The summed E-state index contributed by atoms with van der Waals surface area (Å²) in [5, 5.41) is 24.3. The van der Waals surface area contributed by atoms with Crippen LogP contribution < -0.4 is 11.1 Å². The fraction of sp³-hybridized carbons (Fsp3) is 0.222. The predicted molar refractivity (Wildman–Crippen MR) is 133 cm³/mol. The molecule has 0 spiro atoms. The van der Waals surface area contributed by atoms with Gasteiger partial charge in [-0.3, -0.25) is 0 Å². The second-order valence-electron chi connectivity index (χ2n) is 8.59. The van der Waals surface area contributed by atoms with Crippen molar-refractivity contribution in [1.82, 2.24) is 15.3 Å². The first kappa shape index (κ1) is 22.8. The van der Waals surface area contributed by atoms with Gasteiger partial charge in [-0.2, -0.15) is 0 Å². The molecule has 8 nitrogen and oxygen atoms in total. The van der Waals surface area contributed by atoms with Gasteiger partial charge in [0.25, 0.3) is 0 Å². The zero-order chi connectivity index (χ0) is 24.4. The topological polar surface area (TPSA) is 131 Å². The van der Waals surface area contributed by atoms with Crippen LogP contribution in [0.5, 0.6) is 0 Å². The summed E-state index contributed by atoms with van der Waals surface area (Å²) in [6.07, 6.45) is -1.29. The second-order valence-corrected chi connectivity index (χ2v) is 8.59. The molecule has 5 rings (SSSR count). The van der Waals surface area contributed by atoms with E-state index in [2.05, 4.69) is 39.6 Å². The Morgan fingerprint density at radius 2 is 1.69 bits per heavy atom. The molecule has 1 aliphatic rings. The number of alkyl carbamates (subject to hydrolysis) is 1. The van der Waals surface area contributed by atoms with Gasteiger partial charge >= 0.3 is 6.09 Å². The van der Waals surface area contributed by atoms with Crippen LogP contribution in [0, 0.1) is 0 Å². The monoisotopic (exact) mass is 470 g/mol. The van der Waals surface area contributed by atoms with Gasteiger partial charge in [-0.15, -0.1) is 0 Å². The van der Waals surface area contributed by atoms with Crippen LogP contribution in [0.25, 0.3) is 22.0 Å². The summed E-state index contributed by atoms with van der Waals surface area (Å²) in [5.74, 6) is 0.278. The maximum atomic E-state index is 12.3. The molecule has 8 heteroatoms. The van der Waals surface area contributed by atoms with Crippen molar-refractivity contribution >= 4 is 22.8 Å². The third-order valence-corrected chi connectivity index (χ3v) is 6.45. The second kappa shape index (κ2) is 9.69. The number of aliphatic hydroxyl groups is 2. The maximum absolute atomic E-state index is 12.3. The Bertz CT molecular complexity index is 1330. The molecule has 3 aromatic carbocycles. The number of nitrogens with zero attached hydrogens (tertiary/aromatic N) is 2. The van der Waals surface area contributed by atoms with Crippen molar-refractivity contribution in [2.75, 3.05) is 18.9 Å². The number of nitrogens with two attached hydrogens (primary N) is 1. The molecule has 1 amide bonds. The highest BCUT2D eigenvalue weighted by Crippen LogP contribution is 2.44. The predicted octanol–water partition coefficient (Wildman–Crippen LogP) is 3.54. The molecule has 1 aromatic heterocycles. The molecule has 2 unspecified atom stereocenters. The molecule has 35 heavy (non-hydrogen) atoms. The minimum Gasteiger partial charge on any atom is -0.449 e. The lowest BCUT2D eigenvalue weighted by molar-refractivity contribution is 0.0137. The number of carbonyl (C=O) groups excluding carboxylic acids is 1. The van der Waals surface area contributed by atoms with Crippen LogP contribution in [-0.2, 0) is 4.74 Å². The zero-order valence-electron chi connectivity index (χ0n) is 19.0. The Hall–Kier alpha value is -4.01. The number of hydrogen-bond acceptors (Lipinski definition) is 7. The van der Waals surface area contributed by atoms with Crippen molar-refractivity contribution in [2.45, 2.75) is 24.5 Å². The van der Waals surface area contributed by atoms with Crippen LogP contribution in [0.2, 0.25) is 0 Å². The number of ether oxygens (including phenoxy) is 1. The molecule has 2 atom stereocenters. The van der Waals surface area contributed by atoms with Gasteiger partial charge in [0.05, 0.1) is 11.6 Å². The van der Waals surface area contributed by atoms with Crippen molar-refractivity contribution in [2.24, 2.45) is 0 Å². The van der Waals surface area contributed by atoms with Gasteiger partial charge in [-0.1, -0.05) is 54.6 Å². The Balaban J connectivity index is 1.14. The summed E-state index contributed by atoms with van der Waals surface area (Å²) in [6, 6.07) is 21.3. The van der Waals surface area contributed by atoms with Crippen molar-refractivity contribution in [3.05, 3.63) is 89.7 Å². The van der Waals surface area contributed by atoms with E-state index in [1.807, 2.05) is 24.3 Å². The van der Waals surface area contributed by atoms with Crippen molar-refractivity contribution in [3.63, 3.8) is 0 Å². The van der Waals surface area contributed by atoms with Gasteiger partial charge < -0.3 is 26.0 Å². The largest absolute Gasteiger partial charge is 0.449 e. The van der Waals surface area contributed by atoms with Gasteiger partial charge in [-0.25, -0.2) is 14.8 Å². The van der Waals surface area contributed by atoms with Crippen LogP contribution in [-0.4, -0.2) is 45.5 Å². The summed E-state index contributed by atoms with van der Waals surface area (Å²) >= 11 is 0. The van der Waals surface area contributed by atoms with Crippen LogP contribution in [0.15, 0.2) is 73.1 Å². The van der Waals surface area contributed by atoms with Gasteiger partial charge in [0.1, 0.15) is 24.9 Å². The number of amides is 1. The number of benzene rings is 3. The van der Waals surface area contributed by atoms with E-state index in [0.29, 0.717) is 22.3 Å². The van der Waals surface area contributed by atoms with E-state index in [4.69, 9.17) is 10.5 Å². The number of carbonyl (C=O) groups is 1. The first-order chi connectivity index (χ1) is 17.0. The Labute approximate surface area is 202 Å². The molecule has 0 saturated heterocycles. The number of aromatic nitrogens is 2. The number of aliphatic hydroxyl groups excluding tert-OH is 2. The lowest BCUT2D eigenvalue weighted by atomic mass is 9.98.